The number of halogens is 3. The van der Waals surface area contributed by atoms with Gasteiger partial charge in [-0.2, -0.15) is 0 Å². The van der Waals surface area contributed by atoms with Gasteiger partial charge in [-0.05, 0) is 40.5 Å². The Hall–Kier alpha value is -0.970. The number of nitrogens with zero attached hydrogens (tertiary/aromatic N) is 1. The van der Waals surface area contributed by atoms with Crippen LogP contribution in [0.25, 0.3) is 0 Å². The lowest BCUT2D eigenvalue weighted by atomic mass is 10.2. The molecule has 18 heavy (non-hydrogen) atoms. The Kier molecular flexibility index (Phi) is 4.00. The molecule has 0 unspecified atom stereocenters. The van der Waals surface area contributed by atoms with E-state index in [0.717, 1.165) is 5.56 Å². The second-order valence-electron chi connectivity index (χ2n) is 3.65. The molecule has 0 bridgehead atoms. The Morgan fingerprint density at radius 2 is 2.00 bits per heavy atom. The lowest BCUT2D eigenvalue weighted by Gasteiger charge is -2.11. The molecule has 2 rings (SSSR count). The molecule has 0 atom stereocenters. The predicted molar refractivity (Wildman–Crippen MR) is 77.6 cm³/mol. The van der Waals surface area contributed by atoms with Crippen molar-refractivity contribution in [2.75, 3.05) is 5.73 Å². The molecule has 1 heterocycles. The molecule has 0 amide bonds. The number of aromatic nitrogens is 1. The van der Waals surface area contributed by atoms with Crippen LogP contribution in [0.1, 0.15) is 5.56 Å². The summed E-state index contributed by atoms with van der Waals surface area (Å²) >= 11 is 15.3. The number of hydrogen-bond acceptors (Lipinski definition) is 3. The van der Waals surface area contributed by atoms with E-state index in [2.05, 4.69) is 20.9 Å². The number of anilines is 1. The minimum Gasteiger partial charge on any atom is -0.435 e. The van der Waals surface area contributed by atoms with Gasteiger partial charge >= 0.3 is 0 Å². The van der Waals surface area contributed by atoms with Crippen molar-refractivity contribution in [3.63, 3.8) is 0 Å². The van der Waals surface area contributed by atoms with Crippen molar-refractivity contribution in [2.24, 2.45) is 0 Å². The van der Waals surface area contributed by atoms with Crippen LogP contribution < -0.4 is 10.5 Å². The fourth-order valence-corrected chi connectivity index (χ4v) is 2.14. The molecule has 0 radical (unpaired) electrons. The van der Waals surface area contributed by atoms with Gasteiger partial charge in [0.25, 0.3) is 0 Å². The maximum absolute atomic E-state index is 6.06. The third-order valence-electron chi connectivity index (χ3n) is 2.35. The molecule has 6 heteroatoms. The van der Waals surface area contributed by atoms with E-state index in [4.69, 9.17) is 33.7 Å². The number of nitrogens with two attached hydrogens (primary N) is 1. The molecule has 0 aliphatic carbocycles. The highest BCUT2D eigenvalue weighted by Crippen LogP contribution is 2.37. The van der Waals surface area contributed by atoms with Gasteiger partial charge < -0.3 is 10.5 Å². The average molecular weight is 348 g/mol. The molecule has 2 N–H and O–H groups in total. The minimum atomic E-state index is 0.315. The van der Waals surface area contributed by atoms with E-state index in [1.807, 2.05) is 6.92 Å². The molecule has 0 fully saturated rings. The zero-order valence-electron chi connectivity index (χ0n) is 9.38. The molecule has 1 aromatic heterocycles. The van der Waals surface area contributed by atoms with E-state index in [-0.39, 0.29) is 0 Å². The van der Waals surface area contributed by atoms with Gasteiger partial charge in [-0.3, -0.25) is 0 Å². The van der Waals surface area contributed by atoms with Crippen molar-refractivity contribution < 1.29 is 4.74 Å². The van der Waals surface area contributed by atoms with Crippen LogP contribution in [0, 0.1) is 6.92 Å². The molecular formula is C12H9BrCl2N2O. The second kappa shape index (κ2) is 5.34. The van der Waals surface area contributed by atoms with Gasteiger partial charge in [0.1, 0.15) is 5.75 Å². The first-order chi connectivity index (χ1) is 8.49. The summed E-state index contributed by atoms with van der Waals surface area (Å²) < 4.78 is 6.28. The molecule has 0 spiro atoms. The Labute approximate surface area is 123 Å². The lowest BCUT2D eigenvalue weighted by Crippen LogP contribution is -1.97. The van der Waals surface area contributed by atoms with Gasteiger partial charge in [-0.25, -0.2) is 4.98 Å². The molecule has 1 aromatic carbocycles. The number of nitrogen functional groups attached to an aromatic ring is 1. The summed E-state index contributed by atoms with van der Waals surface area (Å²) in [6.07, 6.45) is 1.62. The largest absolute Gasteiger partial charge is 0.435 e. The third kappa shape index (κ3) is 2.71. The second-order valence-corrected chi connectivity index (χ2v) is 5.31. The van der Waals surface area contributed by atoms with Crippen LogP contribution in [0.4, 0.5) is 5.69 Å². The average Bonchev–Trinajstić information content (AvgIpc) is 2.32. The Balaban J connectivity index is 2.40. The van der Waals surface area contributed by atoms with Crippen LogP contribution in [0.3, 0.4) is 0 Å². The quantitative estimate of drug-likeness (QED) is 0.791. The van der Waals surface area contributed by atoms with Crippen molar-refractivity contribution in [3.05, 3.63) is 44.5 Å². The smallest absolute Gasteiger partial charge is 0.242 e. The van der Waals surface area contributed by atoms with E-state index in [1.165, 1.54) is 0 Å². The first kappa shape index (κ1) is 13.5. The van der Waals surface area contributed by atoms with Crippen LogP contribution in [-0.2, 0) is 0 Å². The molecule has 0 saturated heterocycles. The summed E-state index contributed by atoms with van der Waals surface area (Å²) in [4.78, 5) is 4.07. The molecular weight excluding hydrogens is 339 g/mol. The summed E-state index contributed by atoms with van der Waals surface area (Å²) in [5.41, 5.74) is 7.24. The summed E-state index contributed by atoms with van der Waals surface area (Å²) in [5, 5.41) is 0.926. The standard InChI is InChI=1S/C12H9BrCl2N2O/c1-6-2-3-17-12(11(6)16)18-10-5-8(14)7(13)4-9(10)15/h2-5H,16H2,1H3. The highest BCUT2D eigenvalue weighted by atomic mass is 79.9. The van der Waals surface area contributed by atoms with Crippen molar-refractivity contribution in [1.82, 2.24) is 4.98 Å². The van der Waals surface area contributed by atoms with Crippen molar-refractivity contribution in [3.8, 4) is 11.6 Å². The SMILES string of the molecule is Cc1ccnc(Oc2cc(Cl)c(Br)cc2Cl)c1N. The van der Waals surface area contributed by atoms with E-state index in [1.54, 1.807) is 24.4 Å². The third-order valence-corrected chi connectivity index (χ3v) is 3.85. The first-order valence-corrected chi connectivity index (χ1v) is 6.57. The maximum atomic E-state index is 6.06. The first-order valence-electron chi connectivity index (χ1n) is 5.02. The highest BCUT2D eigenvalue weighted by molar-refractivity contribution is 9.10. The topological polar surface area (TPSA) is 48.1 Å². The summed E-state index contributed by atoms with van der Waals surface area (Å²) in [7, 11) is 0. The maximum Gasteiger partial charge on any atom is 0.242 e. The van der Waals surface area contributed by atoms with Gasteiger partial charge in [0.05, 0.1) is 15.7 Å². The monoisotopic (exact) mass is 346 g/mol. The van der Waals surface area contributed by atoms with Gasteiger partial charge in [0.2, 0.25) is 5.88 Å². The molecule has 0 aliphatic heterocycles. The summed E-state index contributed by atoms with van der Waals surface area (Å²) in [5.74, 6) is 0.727. The van der Waals surface area contributed by atoms with Crippen molar-refractivity contribution in [1.29, 1.82) is 0 Å². The van der Waals surface area contributed by atoms with Crippen LogP contribution in [-0.4, -0.2) is 4.98 Å². The minimum absolute atomic E-state index is 0.315. The van der Waals surface area contributed by atoms with Crippen LogP contribution in [0.15, 0.2) is 28.9 Å². The number of aryl methyl sites for hydroxylation is 1. The van der Waals surface area contributed by atoms with Gasteiger partial charge in [0, 0.05) is 16.7 Å². The normalized spacial score (nSPS) is 10.4. The van der Waals surface area contributed by atoms with Gasteiger partial charge in [-0.1, -0.05) is 23.2 Å². The number of hydrogen-bond donors (Lipinski definition) is 1. The zero-order chi connectivity index (χ0) is 13.3. The van der Waals surface area contributed by atoms with Crippen molar-refractivity contribution in [2.45, 2.75) is 6.92 Å². The summed E-state index contributed by atoms with van der Waals surface area (Å²) in [6, 6.07) is 5.07. The Bertz CT molecular complexity index is 605. The van der Waals surface area contributed by atoms with E-state index in [0.29, 0.717) is 31.8 Å². The number of pyridine rings is 1. The fourth-order valence-electron chi connectivity index (χ4n) is 1.31. The van der Waals surface area contributed by atoms with E-state index < -0.39 is 0 Å². The Morgan fingerprint density at radius 1 is 1.28 bits per heavy atom. The Morgan fingerprint density at radius 3 is 2.72 bits per heavy atom. The van der Waals surface area contributed by atoms with Crippen LogP contribution >= 0.6 is 39.1 Å². The molecule has 2 aromatic rings. The predicted octanol–water partition coefficient (Wildman–Crippen LogP) is 4.83. The number of benzene rings is 1. The lowest BCUT2D eigenvalue weighted by molar-refractivity contribution is 0.465. The number of ether oxygens (including phenoxy) is 1. The number of rotatable bonds is 2. The zero-order valence-corrected chi connectivity index (χ0v) is 12.5. The van der Waals surface area contributed by atoms with Crippen LogP contribution in [0.2, 0.25) is 10.0 Å². The van der Waals surface area contributed by atoms with Gasteiger partial charge in [0.15, 0.2) is 0 Å². The molecule has 94 valence electrons. The summed E-state index contributed by atoms with van der Waals surface area (Å²) in [6.45, 7) is 1.88. The molecule has 3 nitrogen and oxygen atoms in total. The van der Waals surface area contributed by atoms with E-state index in [9.17, 15) is 0 Å². The molecule has 0 saturated carbocycles. The fraction of sp³-hybridized carbons (Fsp3) is 0.0833. The molecule has 0 aliphatic rings. The van der Waals surface area contributed by atoms with E-state index >= 15 is 0 Å². The highest BCUT2D eigenvalue weighted by Gasteiger charge is 2.11. The van der Waals surface area contributed by atoms with Crippen LogP contribution in [0.5, 0.6) is 11.6 Å². The van der Waals surface area contributed by atoms with Crippen molar-refractivity contribution >= 4 is 44.8 Å². The van der Waals surface area contributed by atoms with Gasteiger partial charge in [-0.15, -0.1) is 0 Å².